The average molecular weight is 595 g/mol. The largest absolute Gasteiger partial charge is 0.490 e. The minimum absolute atomic E-state index is 0. The van der Waals surface area contributed by atoms with Gasteiger partial charge in [0.25, 0.3) is 0 Å². The molecule has 0 atom stereocenters. The second kappa shape index (κ2) is 13.9. The highest BCUT2D eigenvalue weighted by molar-refractivity contribution is 7.92. The van der Waals surface area contributed by atoms with Crippen LogP contribution < -0.4 is 14.8 Å². The Morgan fingerprint density at radius 1 is 1.00 bits per heavy atom. The van der Waals surface area contributed by atoms with E-state index < -0.39 is 10.0 Å². The van der Waals surface area contributed by atoms with Crippen LogP contribution >= 0.6 is 24.8 Å². The van der Waals surface area contributed by atoms with Crippen LogP contribution in [0.4, 0.5) is 5.69 Å². The van der Waals surface area contributed by atoms with E-state index >= 15 is 0 Å². The second-order valence-electron chi connectivity index (χ2n) is 9.52. The number of hydrogen-bond acceptors (Lipinski definition) is 5. The van der Waals surface area contributed by atoms with Gasteiger partial charge in [-0.25, -0.2) is 8.42 Å². The molecular weight excluding hydrogens is 557 g/mol. The lowest BCUT2D eigenvalue weighted by molar-refractivity contribution is 0.130. The van der Waals surface area contributed by atoms with Gasteiger partial charge in [-0.15, -0.1) is 24.8 Å². The molecule has 212 valence electrons. The molecule has 1 heterocycles. The van der Waals surface area contributed by atoms with E-state index in [2.05, 4.69) is 0 Å². The third-order valence-electron chi connectivity index (χ3n) is 6.68. The van der Waals surface area contributed by atoms with Gasteiger partial charge >= 0.3 is 0 Å². The lowest BCUT2D eigenvalue weighted by Crippen LogP contribution is -2.40. The first kappa shape index (κ1) is 32.2. The number of halogens is 2. The van der Waals surface area contributed by atoms with Crippen LogP contribution in [0.1, 0.15) is 44.2 Å². The molecule has 0 bridgehead atoms. The smallest absolute Gasteiger partial charge is 0.235 e. The van der Waals surface area contributed by atoms with Crippen LogP contribution in [-0.4, -0.2) is 49.9 Å². The van der Waals surface area contributed by atoms with Crippen LogP contribution in [-0.2, 0) is 16.6 Å². The van der Waals surface area contributed by atoms with Gasteiger partial charge in [0.1, 0.15) is 17.7 Å². The Labute approximate surface area is 243 Å². The van der Waals surface area contributed by atoms with E-state index in [1.807, 2.05) is 60.4 Å². The third kappa shape index (κ3) is 8.00. The molecule has 3 aromatic carbocycles. The molecule has 0 saturated carbocycles. The summed E-state index contributed by atoms with van der Waals surface area (Å²) in [6.45, 7) is 5.47. The standard InChI is InChI=1S/C28H35N5O3S.2ClH/c1-3-16-37(34,35)33(19-21-4-5-22-6-7-23(28(30)31)18-24(22)17-21)25-8-10-26(11-9-25)36-27-12-14-32(15-13-27)20(2)29;;/h4-11,17-18,27,29H,3,12-16,19H2,1-2H3,(H3,30,31);2*1H. The number of rotatable bonds is 9. The first-order valence-corrected chi connectivity index (χ1v) is 14.2. The van der Waals surface area contributed by atoms with Crippen molar-refractivity contribution in [1.29, 1.82) is 10.8 Å². The highest BCUT2D eigenvalue weighted by atomic mass is 35.5. The maximum Gasteiger partial charge on any atom is 0.235 e. The minimum Gasteiger partial charge on any atom is -0.490 e. The minimum atomic E-state index is -3.54. The van der Waals surface area contributed by atoms with E-state index in [0.29, 0.717) is 29.3 Å². The van der Waals surface area contributed by atoms with E-state index in [9.17, 15) is 8.42 Å². The average Bonchev–Trinajstić information content (AvgIpc) is 2.87. The summed E-state index contributed by atoms with van der Waals surface area (Å²) in [7, 11) is -3.54. The van der Waals surface area contributed by atoms with Crippen LogP contribution in [0.3, 0.4) is 0 Å². The van der Waals surface area contributed by atoms with Crippen molar-refractivity contribution in [3.05, 3.63) is 71.8 Å². The Balaban J connectivity index is 0.00000267. The number of ether oxygens (including phenoxy) is 1. The van der Waals surface area contributed by atoms with Crippen molar-refractivity contribution in [3.8, 4) is 5.75 Å². The number of anilines is 1. The lowest BCUT2D eigenvalue weighted by atomic mass is 10.0. The Kier molecular flexibility index (Phi) is 11.5. The fourth-order valence-corrected chi connectivity index (χ4v) is 6.16. The van der Waals surface area contributed by atoms with Gasteiger partial charge in [-0.05, 0) is 66.1 Å². The lowest BCUT2D eigenvalue weighted by Gasteiger charge is -2.33. The van der Waals surface area contributed by atoms with E-state index in [-0.39, 0.29) is 49.1 Å². The quantitative estimate of drug-likeness (QED) is 0.221. The van der Waals surface area contributed by atoms with Gasteiger partial charge in [0, 0.05) is 31.5 Å². The molecule has 0 aromatic heterocycles. The van der Waals surface area contributed by atoms with Gasteiger partial charge in [-0.3, -0.25) is 15.1 Å². The van der Waals surface area contributed by atoms with Gasteiger partial charge in [-0.2, -0.15) is 0 Å². The molecule has 0 spiro atoms. The molecular formula is C28H37Cl2N5O3S. The Morgan fingerprint density at radius 3 is 2.23 bits per heavy atom. The molecule has 11 heteroatoms. The highest BCUT2D eigenvalue weighted by Gasteiger charge is 2.24. The number of nitrogens with zero attached hydrogens (tertiary/aromatic N) is 2. The van der Waals surface area contributed by atoms with E-state index in [0.717, 1.165) is 42.3 Å². The number of likely N-dealkylation sites (tertiary alicyclic amines) is 1. The number of nitrogens with one attached hydrogen (secondary N) is 2. The number of amidine groups is 2. The molecule has 1 fully saturated rings. The zero-order chi connectivity index (χ0) is 26.6. The van der Waals surface area contributed by atoms with Crippen molar-refractivity contribution >= 4 is 63.0 Å². The van der Waals surface area contributed by atoms with Crippen molar-refractivity contribution in [2.24, 2.45) is 5.73 Å². The molecule has 0 aliphatic carbocycles. The van der Waals surface area contributed by atoms with Crippen molar-refractivity contribution < 1.29 is 13.2 Å². The normalized spacial score (nSPS) is 13.7. The van der Waals surface area contributed by atoms with E-state index in [1.54, 1.807) is 19.1 Å². The first-order valence-electron chi connectivity index (χ1n) is 12.6. The Morgan fingerprint density at radius 2 is 1.64 bits per heavy atom. The topological polar surface area (TPSA) is 124 Å². The monoisotopic (exact) mass is 593 g/mol. The molecule has 0 radical (unpaired) electrons. The zero-order valence-electron chi connectivity index (χ0n) is 22.2. The van der Waals surface area contributed by atoms with E-state index in [1.165, 1.54) is 4.31 Å². The number of piperidine rings is 1. The third-order valence-corrected chi connectivity index (χ3v) is 8.62. The predicted molar refractivity (Wildman–Crippen MR) is 165 cm³/mol. The molecule has 1 saturated heterocycles. The maximum absolute atomic E-state index is 13.3. The summed E-state index contributed by atoms with van der Waals surface area (Å²) in [5.74, 6) is 1.35. The molecule has 0 amide bonds. The Hall–Kier alpha value is -3.01. The second-order valence-corrected chi connectivity index (χ2v) is 11.5. The molecule has 1 aliphatic heterocycles. The SMILES string of the molecule is CCCS(=O)(=O)N(Cc1ccc2ccc(C(=N)N)cc2c1)c1ccc(OC2CCN(C(C)=N)CC2)cc1.Cl.Cl. The maximum atomic E-state index is 13.3. The fourth-order valence-electron chi connectivity index (χ4n) is 4.64. The number of fused-ring (bicyclic) bond motifs is 1. The van der Waals surface area contributed by atoms with Gasteiger partial charge in [-0.1, -0.05) is 31.2 Å². The molecule has 4 N–H and O–H groups in total. The van der Waals surface area contributed by atoms with Gasteiger partial charge in [0.05, 0.1) is 23.8 Å². The molecule has 39 heavy (non-hydrogen) atoms. The van der Waals surface area contributed by atoms with Crippen LogP contribution in [0.2, 0.25) is 0 Å². The van der Waals surface area contributed by atoms with Crippen LogP contribution in [0.25, 0.3) is 10.8 Å². The van der Waals surface area contributed by atoms with Crippen molar-refractivity contribution in [2.75, 3.05) is 23.1 Å². The van der Waals surface area contributed by atoms with Gasteiger partial charge in [0.15, 0.2) is 0 Å². The van der Waals surface area contributed by atoms with Crippen molar-refractivity contribution in [1.82, 2.24) is 4.90 Å². The van der Waals surface area contributed by atoms with Gasteiger partial charge in [0.2, 0.25) is 10.0 Å². The summed E-state index contributed by atoms with van der Waals surface area (Å²) >= 11 is 0. The van der Waals surface area contributed by atoms with Crippen molar-refractivity contribution in [2.45, 2.75) is 45.8 Å². The summed E-state index contributed by atoms with van der Waals surface area (Å²) < 4.78 is 34.1. The van der Waals surface area contributed by atoms with Gasteiger partial charge < -0.3 is 15.4 Å². The molecule has 3 aromatic rings. The zero-order valence-corrected chi connectivity index (χ0v) is 24.7. The van der Waals surface area contributed by atoms with Crippen LogP contribution in [0.15, 0.2) is 60.7 Å². The molecule has 0 unspecified atom stereocenters. The summed E-state index contributed by atoms with van der Waals surface area (Å²) in [6.07, 6.45) is 2.30. The number of hydrogen-bond donors (Lipinski definition) is 3. The number of benzene rings is 3. The molecule has 4 rings (SSSR count). The fraction of sp³-hybridized carbons (Fsp3) is 0.357. The summed E-state index contributed by atoms with van der Waals surface area (Å²) in [5.41, 5.74) is 7.73. The Bertz CT molecular complexity index is 1390. The van der Waals surface area contributed by atoms with Crippen LogP contribution in [0.5, 0.6) is 5.75 Å². The molecule has 8 nitrogen and oxygen atoms in total. The first-order chi connectivity index (χ1) is 17.7. The number of nitrogen functional groups attached to an aromatic ring is 1. The van der Waals surface area contributed by atoms with Crippen LogP contribution in [0, 0.1) is 10.8 Å². The van der Waals surface area contributed by atoms with E-state index in [4.69, 9.17) is 21.3 Å². The number of sulfonamides is 1. The number of nitrogens with two attached hydrogens (primary N) is 1. The molecule has 1 aliphatic rings. The summed E-state index contributed by atoms with van der Waals surface area (Å²) in [5, 5.41) is 17.4. The summed E-state index contributed by atoms with van der Waals surface area (Å²) in [6, 6.07) is 18.7. The van der Waals surface area contributed by atoms with Crippen molar-refractivity contribution in [3.63, 3.8) is 0 Å². The summed E-state index contributed by atoms with van der Waals surface area (Å²) in [4.78, 5) is 2.05. The highest BCUT2D eigenvalue weighted by Crippen LogP contribution is 2.28. The predicted octanol–water partition coefficient (Wildman–Crippen LogP) is 5.55.